The first-order valence-electron chi connectivity index (χ1n) is 6.35. The number of carbonyl (C=O) groups is 1. The monoisotopic (exact) mass is 346 g/mol. The molecule has 0 bridgehead atoms. The first-order chi connectivity index (χ1) is 8.57. The Kier molecular flexibility index (Phi) is 5.83. The van der Waals surface area contributed by atoms with Crippen molar-refractivity contribution in [2.75, 3.05) is 11.9 Å². The summed E-state index contributed by atoms with van der Waals surface area (Å²) in [5.74, 6) is 0.0768. The van der Waals surface area contributed by atoms with E-state index in [1.165, 1.54) is 0 Å². The fraction of sp³-hybridized carbons (Fsp3) is 0.500. The molecule has 106 valence electrons. The Morgan fingerprint density at radius 2 is 2.05 bits per heavy atom. The molecule has 5 heteroatoms. The van der Waals surface area contributed by atoms with E-state index in [2.05, 4.69) is 21.2 Å². The summed E-state index contributed by atoms with van der Waals surface area (Å²) in [4.78, 5) is 12.4. The highest BCUT2D eigenvalue weighted by Crippen LogP contribution is 2.38. The van der Waals surface area contributed by atoms with Crippen LogP contribution in [0.25, 0.3) is 0 Å². The molecule has 0 radical (unpaired) electrons. The third-order valence-electron chi connectivity index (χ3n) is 3.87. The lowest BCUT2D eigenvalue weighted by molar-refractivity contribution is -0.124. The number of benzene rings is 1. The van der Waals surface area contributed by atoms with Crippen LogP contribution in [0.2, 0.25) is 0 Å². The highest BCUT2D eigenvalue weighted by molar-refractivity contribution is 9.10. The second-order valence-electron chi connectivity index (χ2n) is 5.10. The van der Waals surface area contributed by atoms with Gasteiger partial charge in [-0.05, 0) is 43.5 Å². The van der Waals surface area contributed by atoms with E-state index in [1.807, 2.05) is 25.1 Å². The second-order valence-corrected chi connectivity index (χ2v) is 6.02. The fourth-order valence-electron chi connectivity index (χ4n) is 2.60. The maximum absolute atomic E-state index is 12.4. The van der Waals surface area contributed by atoms with E-state index < -0.39 is 0 Å². The van der Waals surface area contributed by atoms with E-state index in [1.54, 1.807) is 0 Å². The molecule has 3 N–H and O–H groups in total. The summed E-state index contributed by atoms with van der Waals surface area (Å²) in [5, 5.41) is 3.03. The number of hydrogen-bond acceptors (Lipinski definition) is 2. The van der Waals surface area contributed by atoms with Crippen LogP contribution in [0, 0.1) is 12.3 Å². The van der Waals surface area contributed by atoms with Gasteiger partial charge in [0, 0.05) is 16.7 Å². The number of aryl methyl sites for hydroxylation is 1. The van der Waals surface area contributed by atoms with Crippen LogP contribution in [0.1, 0.15) is 31.2 Å². The average Bonchev–Trinajstić information content (AvgIpc) is 2.82. The number of halogens is 2. The van der Waals surface area contributed by atoms with Gasteiger partial charge in [0.15, 0.2) is 0 Å². The van der Waals surface area contributed by atoms with E-state index in [4.69, 9.17) is 5.73 Å². The molecule has 0 saturated heterocycles. The third kappa shape index (κ3) is 3.50. The lowest BCUT2D eigenvalue weighted by Crippen LogP contribution is -2.40. The van der Waals surface area contributed by atoms with Crippen LogP contribution >= 0.6 is 28.3 Å². The summed E-state index contributed by atoms with van der Waals surface area (Å²) in [6.45, 7) is 2.43. The third-order valence-corrected chi connectivity index (χ3v) is 4.36. The first kappa shape index (κ1) is 16.5. The Bertz CT molecular complexity index is 459. The zero-order valence-electron chi connectivity index (χ0n) is 11.0. The summed E-state index contributed by atoms with van der Waals surface area (Å²) in [6.07, 6.45) is 4.02. The van der Waals surface area contributed by atoms with Crippen molar-refractivity contribution in [3.8, 4) is 0 Å². The molecule has 1 aromatic carbocycles. The molecule has 19 heavy (non-hydrogen) atoms. The molecule has 3 nitrogen and oxygen atoms in total. The van der Waals surface area contributed by atoms with Crippen molar-refractivity contribution in [3.63, 3.8) is 0 Å². The van der Waals surface area contributed by atoms with Gasteiger partial charge in [-0.1, -0.05) is 28.8 Å². The Labute approximate surface area is 128 Å². The van der Waals surface area contributed by atoms with Crippen molar-refractivity contribution in [2.45, 2.75) is 32.6 Å². The minimum absolute atomic E-state index is 0. The fourth-order valence-corrected chi connectivity index (χ4v) is 3.07. The van der Waals surface area contributed by atoms with Gasteiger partial charge in [0.25, 0.3) is 0 Å². The van der Waals surface area contributed by atoms with Crippen molar-refractivity contribution >= 4 is 39.9 Å². The number of nitrogens with one attached hydrogen (secondary N) is 1. The molecule has 1 saturated carbocycles. The molecule has 0 aromatic heterocycles. The van der Waals surface area contributed by atoms with Gasteiger partial charge in [0.05, 0.1) is 5.41 Å². The van der Waals surface area contributed by atoms with Gasteiger partial charge < -0.3 is 11.1 Å². The predicted octanol–water partition coefficient (Wildman–Crippen LogP) is 3.64. The normalized spacial score (nSPS) is 16.8. The van der Waals surface area contributed by atoms with Crippen LogP contribution in [-0.4, -0.2) is 12.5 Å². The maximum atomic E-state index is 12.4. The minimum atomic E-state index is -0.348. The standard InChI is InChI=1S/C14H19BrN2O.ClH/c1-10-8-11(15)4-5-12(10)17-13(18)14(9-16)6-2-3-7-14;/h4-5,8H,2-3,6-7,9,16H2,1H3,(H,17,18);1H. The molecular formula is C14H20BrClN2O. The van der Waals surface area contributed by atoms with Gasteiger partial charge in [-0.15, -0.1) is 12.4 Å². The first-order valence-corrected chi connectivity index (χ1v) is 7.14. The lowest BCUT2D eigenvalue weighted by Gasteiger charge is -2.26. The number of carbonyl (C=O) groups excluding carboxylic acids is 1. The zero-order valence-corrected chi connectivity index (χ0v) is 13.4. The van der Waals surface area contributed by atoms with Crippen molar-refractivity contribution in [2.24, 2.45) is 11.1 Å². The molecule has 1 aliphatic rings. The molecule has 0 unspecified atom stereocenters. The zero-order chi connectivity index (χ0) is 13.2. The van der Waals surface area contributed by atoms with E-state index >= 15 is 0 Å². The second kappa shape index (κ2) is 6.73. The molecule has 0 aliphatic heterocycles. The van der Waals surface area contributed by atoms with E-state index in [9.17, 15) is 4.79 Å². The quantitative estimate of drug-likeness (QED) is 0.877. The highest BCUT2D eigenvalue weighted by atomic mass is 79.9. The molecule has 1 aliphatic carbocycles. The Balaban J connectivity index is 0.00000180. The largest absolute Gasteiger partial charge is 0.329 e. The lowest BCUT2D eigenvalue weighted by atomic mass is 9.85. The van der Waals surface area contributed by atoms with Gasteiger partial charge in [0.1, 0.15) is 0 Å². The van der Waals surface area contributed by atoms with Crippen LogP contribution in [0.15, 0.2) is 22.7 Å². The summed E-state index contributed by atoms with van der Waals surface area (Å²) < 4.78 is 1.02. The maximum Gasteiger partial charge on any atom is 0.231 e. The smallest absolute Gasteiger partial charge is 0.231 e. The number of anilines is 1. The topological polar surface area (TPSA) is 55.1 Å². The number of nitrogens with two attached hydrogens (primary N) is 1. The Morgan fingerprint density at radius 1 is 1.42 bits per heavy atom. The van der Waals surface area contributed by atoms with Crippen LogP contribution in [0.3, 0.4) is 0 Å². The van der Waals surface area contributed by atoms with Crippen LogP contribution in [0.5, 0.6) is 0 Å². The summed E-state index contributed by atoms with van der Waals surface area (Å²) in [6, 6.07) is 5.86. The van der Waals surface area contributed by atoms with Crippen molar-refractivity contribution in [1.82, 2.24) is 0 Å². The molecule has 1 fully saturated rings. The highest BCUT2D eigenvalue weighted by Gasteiger charge is 2.39. The molecule has 0 spiro atoms. The number of amides is 1. The van der Waals surface area contributed by atoms with Crippen molar-refractivity contribution in [3.05, 3.63) is 28.2 Å². The SMILES string of the molecule is Cc1cc(Br)ccc1NC(=O)C1(CN)CCCC1.Cl. The predicted molar refractivity (Wildman–Crippen MR) is 84.7 cm³/mol. The van der Waals surface area contributed by atoms with E-state index in [-0.39, 0.29) is 23.7 Å². The van der Waals surface area contributed by atoms with Crippen molar-refractivity contribution < 1.29 is 4.79 Å². The van der Waals surface area contributed by atoms with E-state index in [0.717, 1.165) is 41.4 Å². The number of rotatable bonds is 3. The van der Waals surface area contributed by atoms with Gasteiger partial charge in [0.2, 0.25) is 5.91 Å². The molecule has 1 aromatic rings. The van der Waals surface area contributed by atoms with Crippen LogP contribution in [-0.2, 0) is 4.79 Å². The Hall–Kier alpha value is -0.580. The summed E-state index contributed by atoms with van der Waals surface area (Å²) in [7, 11) is 0. The summed E-state index contributed by atoms with van der Waals surface area (Å²) >= 11 is 3.42. The minimum Gasteiger partial charge on any atom is -0.329 e. The number of hydrogen-bond donors (Lipinski definition) is 2. The van der Waals surface area contributed by atoms with Gasteiger partial charge in [-0.2, -0.15) is 0 Å². The molecule has 2 rings (SSSR count). The van der Waals surface area contributed by atoms with Gasteiger partial charge in [-0.3, -0.25) is 4.79 Å². The van der Waals surface area contributed by atoms with Gasteiger partial charge >= 0.3 is 0 Å². The Morgan fingerprint density at radius 3 is 2.58 bits per heavy atom. The molecule has 0 atom stereocenters. The van der Waals surface area contributed by atoms with Gasteiger partial charge in [-0.25, -0.2) is 0 Å². The van der Waals surface area contributed by atoms with Crippen LogP contribution < -0.4 is 11.1 Å². The molecule has 0 heterocycles. The summed E-state index contributed by atoms with van der Waals surface area (Å²) in [5.41, 5.74) is 7.41. The van der Waals surface area contributed by atoms with Crippen LogP contribution in [0.4, 0.5) is 5.69 Å². The van der Waals surface area contributed by atoms with Crippen molar-refractivity contribution in [1.29, 1.82) is 0 Å². The average molecular weight is 348 g/mol. The molecular weight excluding hydrogens is 328 g/mol. The molecule has 1 amide bonds. The van der Waals surface area contributed by atoms with E-state index in [0.29, 0.717) is 6.54 Å².